The van der Waals surface area contributed by atoms with Gasteiger partial charge in [0, 0.05) is 25.8 Å². The molecule has 0 spiro atoms. The second kappa shape index (κ2) is 10.9. The Hall–Kier alpha value is -3.37. The molecule has 0 unspecified atom stereocenters. The van der Waals surface area contributed by atoms with Crippen molar-refractivity contribution in [1.82, 2.24) is 4.90 Å². The van der Waals surface area contributed by atoms with Crippen LogP contribution in [-0.2, 0) is 27.6 Å². The number of carbonyl (C=O) groups is 1. The molecule has 0 bridgehead atoms. The molecule has 6 nitrogen and oxygen atoms in total. The minimum absolute atomic E-state index is 0.0699. The number of ether oxygens (including phenoxy) is 1. The normalized spacial score (nSPS) is 11.8. The van der Waals surface area contributed by atoms with E-state index in [2.05, 4.69) is 0 Å². The number of alkyl halides is 3. The number of benzene rings is 3. The van der Waals surface area contributed by atoms with E-state index in [9.17, 15) is 26.4 Å². The van der Waals surface area contributed by atoms with Crippen molar-refractivity contribution >= 4 is 16.0 Å². The van der Waals surface area contributed by atoms with Gasteiger partial charge in [-0.3, -0.25) is 4.79 Å². The molecule has 0 aliphatic heterocycles. The maximum Gasteiger partial charge on any atom is 0.416 e. The molecule has 0 fully saturated rings. The van der Waals surface area contributed by atoms with Crippen LogP contribution in [0.15, 0.2) is 77.7 Å². The largest absolute Gasteiger partial charge is 0.416 e. The van der Waals surface area contributed by atoms with Gasteiger partial charge in [-0.05, 0) is 55.0 Å². The topological polar surface area (TPSA) is 72.9 Å². The van der Waals surface area contributed by atoms with E-state index in [1.165, 1.54) is 19.2 Å². The molecule has 0 aliphatic carbocycles. The summed E-state index contributed by atoms with van der Waals surface area (Å²) in [5.41, 5.74) is 1.16. The lowest BCUT2D eigenvalue weighted by atomic mass is 10.1. The molecule has 3 aromatic carbocycles. The van der Waals surface area contributed by atoms with E-state index in [4.69, 9.17) is 8.92 Å². The highest BCUT2D eigenvalue weighted by Crippen LogP contribution is 2.31. The Morgan fingerprint density at radius 1 is 0.971 bits per heavy atom. The van der Waals surface area contributed by atoms with Crippen molar-refractivity contribution < 1.29 is 35.3 Å². The molecule has 1 amide bonds. The van der Waals surface area contributed by atoms with Gasteiger partial charge in [-0.25, -0.2) is 0 Å². The van der Waals surface area contributed by atoms with E-state index in [0.717, 1.165) is 23.8 Å². The lowest BCUT2D eigenvalue weighted by Gasteiger charge is -2.23. The number of halogens is 3. The summed E-state index contributed by atoms with van der Waals surface area (Å²) in [7, 11) is -2.94. The van der Waals surface area contributed by atoms with Crippen molar-refractivity contribution in [3.05, 3.63) is 95.1 Å². The first-order chi connectivity index (χ1) is 16.5. The molecule has 10 heteroatoms. The monoisotopic (exact) mass is 507 g/mol. The maximum absolute atomic E-state index is 13.0. The molecule has 0 heterocycles. The molecular formula is C25H24F3NO5S. The maximum atomic E-state index is 13.0. The van der Waals surface area contributed by atoms with Gasteiger partial charge in [0.15, 0.2) is 0 Å². The zero-order valence-corrected chi connectivity index (χ0v) is 19.9. The third-order valence-electron chi connectivity index (χ3n) is 5.10. The molecule has 0 aromatic heterocycles. The molecule has 0 N–H and O–H groups in total. The molecule has 3 aromatic rings. The van der Waals surface area contributed by atoms with E-state index >= 15 is 0 Å². The van der Waals surface area contributed by atoms with Crippen LogP contribution in [0.5, 0.6) is 5.75 Å². The van der Waals surface area contributed by atoms with Crippen LogP contribution < -0.4 is 4.18 Å². The fourth-order valence-corrected chi connectivity index (χ4v) is 4.18. The van der Waals surface area contributed by atoms with Crippen LogP contribution in [0, 0.1) is 6.92 Å². The predicted octanol–water partition coefficient (Wildman–Crippen LogP) is 5.07. The number of methoxy groups -OCH3 is 1. The highest BCUT2D eigenvalue weighted by atomic mass is 32.2. The molecular weight excluding hydrogens is 483 g/mol. The summed E-state index contributed by atoms with van der Waals surface area (Å²) in [6.07, 6.45) is -4.68. The molecule has 0 radical (unpaired) electrons. The minimum atomic E-state index is -4.68. The summed E-state index contributed by atoms with van der Waals surface area (Å²) in [4.78, 5) is 14.0. The number of carbonyl (C=O) groups excluding carboxylic acids is 1. The summed E-state index contributed by atoms with van der Waals surface area (Å²) < 4.78 is 73.8. The van der Waals surface area contributed by atoms with Gasteiger partial charge in [0.2, 0.25) is 0 Å². The second-order valence-electron chi connectivity index (χ2n) is 7.79. The lowest BCUT2D eigenvalue weighted by molar-refractivity contribution is -0.137. The molecule has 35 heavy (non-hydrogen) atoms. The molecule has 3 rings (SSSR count). The summed E-state index contributed by atoms with van der Waals surface area (Å²) in [5, 5.41) is 0. The lowest BCUT2D eigenvalue weighted by Crippen LogP contribution is -2.33. The zero-order valence-electron chi connectivity index (χ0n) is 19.1. The second-order valence-corrected chi connectivity index (χ2v) is 9.34. The predicted molar refractivity (Wildman–Crippen MR) is 123 cm³/mol. The van der Waals surface area contributed by atoms with Gasteiger partial charge in [-0.15, -0.1) is 0 Å². The van der Waals surface area contributed by atoms with Crippen molar-refractivity contribution in [2.45, 2.75) is 24.5 Å². The number of hydrogen-bond acceptors (Lipinski definition) is 5. The number of hydrogen-bond donors (Lipinski definition) is 0. The van der Waals surface area contributed by atoms with Crippen LogP contribution in [0.2, 0.25) is 0 Å². The third kappa shape index (κ3) is 7.06. The zero-order chi connectivity index (χ0) is 25.6. The van der Waals surface area contributed by atoms with Gasteiger partial charge in [-0.1, -0.05) is 35.9 Å². The Bertz CT molecular complexity index is 1260. The Labute approximate surface area is 202 Å². The molecule has 0 atom stereocenters. The molecule has 0 saturated heterocycles. The van der Waals surface area contributed by atoms with E-state index in [1.54, 1.807) is 29.2 Å². The molecule has 186 valence electrons. The number of aryl methyl sites for hydroxylation is 1. The average molecular weight is 508 g/mol. The van der Waals surface area contributed by atoms with Crippen molar-refractivity contribution in [2.24, 2.45) is 0 Å². The highest BCUT2D eigenvalue weighted by molar-refractivity contribution is 7.87. The minimum Gasteiger partial charge on any atom is -0.383 e. The van der Waals surface area contributed by atoms with Gasteiger partial charge in [0.25, 0.3) is 5.91 Å². The molecule has 0 saturated carbocycles. The molecule has 0 aliphatic rings. The summed E-state index contributed by atoms with van der Waals surface area (Å²) >= 11 is 0. The number of amides is 1. The van der Waals surface area contributed by atoms with Gasteiger partial charge in [0.05, 0.1) is 12.2 Å². The first kappa shape index (κ1) is 26.2. The Balaban J connectivity index is 1.74. The van der Waals surface area contributed by atoms with E-state index in [0.29, 0.717) is 30.3 Å². The smallest absolute Gasteiger partial charge is 0.383 e. The van der Waals surface area contributed by atoms with Crippen LogP contribution in [0.3, 0.4) is 0 Å². The fourth-order valence-electron chi connectivity index (χ4n) is 3.21. The summed E-state index contributed by atoms with van der Waals surface area (Å²) in [6, 6.07) is 16.4. The fraction of sp³-hybridized carbons (Fsp3) is 0.240. The van der Waals surface area contributed by atoms with Gasteiger partial charge in [-0.2, -0.15) is 21.6 Å². The van der Waals surface area contributed by atoms with E-state index < -0.39 is 26.8 Å². The summed E-state index contributed by atoms with van der Waals surface area (Å²) in [5.74, 6) is -0.256. The number of rotatable bonds is 9. The van der Waals surface area contributed by atoms with Crippen LogP contribution in [-0.4, -0.2) is 39.5 Å². The number of nitrogens with zero attached hydrogens (tertiary/aromatic N) is 1. The van der Waals surface area contributed by atoms with Crippen LogP contribution in [0.4, 0.5) is 13.2 Å². The van der Waals surface area contributed by atoms with Crippen LogP contribution >= 0.6 is 0 Å². The first-order valence-electron chi connectivity index (χ1n) is 10.5. The van der Waals surface area contributed by atoms with Crippen LogP contribution in [0.1, 0.15) is 27.0 Å². The first-order valence-corrected chi connectivity index (χ1v) is 12.0. The quantitative estimate of drug-likeness (QED) is 0.378. The van der Waals surface area contributed by atoms with Crippen molar-refractivity contribution in [1.29, 1.82) is 0 Å². The third-order valence-corrected chi connectivity index (χ3v) is 6.35. The standard InChI is InChI=1S/C25H24F3NO5S/c1-18-6-10-20(11-7-18)24(30)29(14-15-33-2)17-19-8-12-22(13-9-19)34-35(31,32)23-5-3-4-21(16-23)25(26,27)28/h3-13,16H,14-15,17H2,1-2H3. The van der Waals surface area contributed by atoms with E-state index in [1.807, 2.05) is 19.1 Å². The van der Waals surface area contributed by atoms with E-state index in [-0.39, 0.29) is 18.2 Å². The van der Waals surface area contributed by atoms with Crippen LogP contribution in [0.25, 0.3) is 0 Å². The van der Waals surface area contributed by atoms with Crippen molar-refractivity contribution in [2.75, 3.05) is 20.3 Å². The van der Waals surface area contributed by atoms with Crippen molar-refractivity contribution in [3.8, 4) is 5.75 Å². The highest BCUT2D eigenvalue weighted by Gasteiger charge is 2.32. The van der Waals surface area contributed by atoms with Gasteiger partial charge >= 0.3 is 16.3 Å². The SMILES string of the molecule is COCCN(Cc1ccc(OS(=O)(=O)c2cccc(C(F)(F)F)c2)cc1)C(=O)c1ccc(C)cc1. The van der Waals surface area contributed by atoms with Gasteiger partial charge < -0.3 is 13.8 Å². The van der Waals surface area contributed by atoms with Crippen molar-refractivity contribution in [3.63, 3.8) is 0 Å². The van der Waals surface area contributed by atoms with Gasteiger partial charge in [0.1, 0.15) is 10.6 Å². The Morgan fingerprint density at radius 3 is 2.23 bits per heavy atom. The average Bonchev–Trinajstić information content (AvgIpc) is 2.82. The Morgan fingerprint density at radius 2 is 1.63 bits per heavy atom. The summed E-state index contributed by atoms with van der Waals surface area (Å²) in [6.45, 7) is 2.82. The Kier molecular flexibility index (Phi) is 8.18.